The summed E-state index contributed by atoms with van der Waals surface area (Å²) in [5.74, 6) is 1.28. The number of hydrogen-bond donors (Lipinski definition) is 1. The van der Waals surface area contributed by atoms with E-state index in [0.717, 1.165) is 28.4 Å². The predicted molar refractivity (Wildman–Crippen MR) is 104 cm³/mol. The number of halogens is 1. The van der Waals surface area contributed by atoms with E-state index in [1.165, 1.54) is 0 Å². The lowest BCUT2D eigenvalue weighted by Crippen LogP contribution is -2.29. The monoisotopic (exact) mass is 405 g/mol. The summed E-state index contributed by atoms with van der Waals surface area (Å²) in [4.78, 5) is 12.6. The van der Waals surface area contributed by atoms with Crippen molar-refractivity contribution in [2.24, 2.45) is 0 Å². The van der Waals surface area contributed by atoms with Gasteiger partial charge in [0.25, 0.3) is 5.91 Å². The smallest absolute Gasteiger partial charge is 0.251 e. The fourth-order valence-corrected chi connectivity index (χ4v) is 3.24. The maximum atomic E-state index is 12.6. The van der Waals surface area contributed by atoms with Gasteiger partial charge in [-0.15, -0.1) is 0 Å². The number of carbonyl (C=O) groups is 1. The Balaban J connectivity index is 2.35. The third kappa shape index (κ3) is 4.54. The molecule has 0 aromatic heterocycles. The van der Waals surface area contributed by atoms with Gasteiger partial charge in [0.05, 0.1) is 20.3 Å². The van der Waals surface area contributed by atoms with Crippen LogP contribution in [-0.2, 0) is 6.42 Å². The molecule has 0 fully saturated rings. The van der Waals surface area contributed by atoms with Crippen LogP contribution in [-0.4, -0.2) is 20.1 Å². The number of aryl methyl sites for hydroxylation is 1. The summed E-state index contributed by atoms with van der Waals surface area (Å²) in [5.41, 5.74) is 2.83. The minimum absolute atomic E-state index is 0.0926. The Bertz CT molecular complexity index is 746. The molecule has 0 aliphatic carbocycles. The first-order chi connectivity index (χ1) is 12.0. The maximum Gasteiger partial charge on any atom is 0.251 e. The molecule has 2 aromatic carbocycles. The van der Waals surface area contributed by atoms with Crippen molar-refractivity contribution < 1.29 is 14.3 Å². The van der Waals surface area contributed by atoms with Crippen LogP contribution in [0, 0.1) is 0 Å². The molecule has 0 heterocycles. The number of nitrogens with one attached hydrogen (secondary N) is 1. The first-order valence-electron chi connectivity index (χ1n) is 8.35. The third-order valence-electron chi connectivity index (χ3n) is 4.20. The molecule has 4 nitrogen and oxygen atoms in total. The van der Waals surface area contributed by atoms with E-state index in [2.05, 4.69) is 35.1 Å². The van der Waals surface area contributed by atoms with E-state index in [1.54, 1.807) is 14.2 Å². The van der Waals surface area contributed by atoms with E-state index < -0.39 is 0 Å². The van der Waals surface area contributed by atoms with Gasteiger partial charge >= 0.3 is 0 Å². The van der Waals surface area contributed by atoms with Crippen LogP contribution in [0.15, 0.2) is 40.9 Å². The van der Waals surface area contributed by atoms with Crippen LogP contribution in [0.3, 0.4) is 0 Å². The predicted octanol–water partition coefficient (Wildman–Crippen LogP) is 4.91. The molecule has 1 atom stereocenters. The van der Waals surface area contributed by atoms with Gasteiger partial charge < -0.3 is 14.8 Å². The Labute approximate surface area is 157 Å². The van der Waals surface area contributed by atoms with Crippen LogP contribution < -0.4 is 14.8 Å². The Hall–Kier alpha value is -2.01. The molecule has 1 N–H and O–H groups in total. The number of carbonyl (C=O) groups excluding carboxylic acids is 1. The minimum Gasteiger partial charge on any atom is -0.493 e. The van der Waals surface area contributed by atoms with Crippen molar-refractivity contribution >= 4 is 21.8 Å². The number of rotatable bonds is 7. The molecule has 0 saturated carbocycles. The number of hydrogen-bond acceptors (Lipinski definition) is 3. The lowest BCUT2D eigenvalue weighted by molar-refractivity contribution is 0.0935. The summed E-state index contributed by atoms with van der Waals surface area (Å²) in [6, 6.07) is 11.2. The fourth-order valence-electron chi connectivity index (χ4n) is 2.84. The van der Waals surface area contributed by atoms with Crippen molar-refractivity contribution in [1.82, 2.24) is 5.32 Å². The normalized spacial score (nSPS) is 11.7. The lowest BCUT2D eigenvalue weighted by atomic mass is 9.95. The zero-order valence-electron chi connectivity index (χ0n) is 15.1. The van der Waals surface area contributed by atoms with E-state index in [1.807, 2.05) is 36.4 Å². The molecule has 1 amide bonds. The second-order valence-electron chi connectivity index (χ2n) is 5.70. The SMILES string of the molecule is CCc1cc(OC)c(OC)cc1C(CC)NC(=O)c1cccc(Br)c1. The van der Waals surface area contributed by atoms with Gasteiger partial charge in [-0.2, -0.15) is 0 Å². The number of amides is 1. The van der Waals surface area contributed by atoms with Gasteiger partial charge in [0, 0.05) is 10.0 Å². The van der Waals surface area contributed by atoms with Crippen molar-refractivity contribution in [3.63, 3.8) is 0 Å². The summed E-state index contributed by atoms with van der Waals surface area (Å²) >= 11 is 3.41. The van der Waals surface area contributed by atoms with Gasteiger partial charge in [-0.25, -0.2) is 0 Å². The largest absolute Gasteiger partial charge is 0.493 e. The van der Waals surface area contributed by atoms with Crippen molar-refractivity contribution in [2.45, 2.75) is 32.7 Å². The molecule has 2 rings (SSSR count). The average Bonchev–Trinajstić information content (AvgIpc) is 2.64. The van der Waals surface area contributed by atoms with E-state index in [0.29, 0.717) is 17.1 Å². The van der Waals surface area contributed by atoms with Crippen LogP contribution in [0.4, 0.5) is 0 Å². The third-order valence-corrected chi connectivity index (χ3v) is 4.70. The molecule has 1 unspecified atom stereocenters. The highest BCUT2D eigenvalue weighted by Crippen LogP contribution is 2.34. The van der Waals surface area contributed by atoms with Crippen molar-refractivity contribution in [3.05, 3.63) is 57.6 Å². The quantitative estimate of drug-likeness (QED) is 0.711. The molecule has 2 aromatic rings. The zero-order chi connectivity index (χ0) is 18.4. The Morgan fingerprint density at radius 3 is 2.36 bits per heavy atom. The molecule has 0 aliphatic heterocycles. The Morgan fingerprint density at radius 2 is 1.80 bits per heavy atom. The van der Waals surface area contributed by atoms with Gasteiger partial charge in [0.15, 0.2) is 11.5 Å². The van der Waals surface area contributed by atoms with Crippen molar-refractivity contribution in [3.8, 4) is 11.5 Å². The summed E-state index contributed by atoms with van der Waals surface area (Å²) in [6.45, 7) is 4.15. The topological polar surface area (TPSA) is 47.6 Å². The summed E-state index contributed by atoms with van der Waals surface area (Å²) in [5, 5.41) is 3.13. The Kier molecular flexibility index (Phi) is 6.88. The highest BCUT2D eigenvalue weighted by molar-refractivity contribution is 9.10. The molecule has 0 spiro atoms. The highest BCUT2D eigenvalue weighted by atomic mass is 79.9. The van der Waals surface area contributed by atoms with Crippen LogP contribution in [0.5, 0.6) is 11.5 Å². The molecule has 25 heavy (non-hydrogen) atoms. The molecular weight excluding hydrogens is 382 g/mol. The van der Waals surface area contributed by atoms with Gasteiger partial charge in [0.2, 0.25) is 0 Å². The first-order valence-corrected chi connectivity index (χ1v) is 9.14. The van der Waals surface area contributed by atoms with Crippen LogP contribution >= 0.6 is 15.9 Å². The van der Waals surface area contributed by atoms with Gasteiger partial charge in [-0.3, -0.25) is 4.79 Å². The van der Waals surface area contributed by atoms with E-state index >= 15 is 0 Å². The lowest BCUT2D eigenvalue weighted by Gasteiger charge is -2.22. The van der Waals surface area contributed by atoms with Gasteiger partial charge in [-0.05, 0) is 54.3 Å². The molecular formula is C20H24BrNO3. The number of methoxy groups -OCH3 is 2. The standard InChI is InChI=1S/C20H24BrNO3/c1-5-13-11-18(24-3)19(25-4)12-16(13)17(6-2)22-20(23)14-8-7-9-15(21)10-14/h7-12,17H,5-6H2,1-4H3,(H,22,23). The van der Waals surface area contributed by atoms with Crippen molar-refractivity contribution in [2.75, 3.05) is 14.2 Å². The maximum absolute atomic E-state index is 12.6. The van der Waals surface area contributed by atoms with Crippen LogP contribution in [0.25, 0.3) is 0 Å². The number of benzene rings is 2. The molecule has 0 aliphatic rings. The summed E-state index contributed by atoms with van der Waals surface area (Å²) in [7, 11) is 3.25. The van der Waals surface area contributed by atoms with Gasteiger partial charge in [0.1, 0.15) is 0 Å². The fraction of sp³-hybridized carbons (Fsp3) is 0.350. The molecule has 0 bridgehead atoms. The zero-order valence-corrected chi connectivity index (χ0v) is 16.6. The second kappa shape index (κ2) is 8.90. The second-order valence-corrected chi connectivity index (χ2v) is 6.62. The van der Waals surface area contributed by atoms with E-state index in [4.69, 9.17) is 9.47 Å². The van der Waals surface area contributed by atoms with Crippen LogP contribution in [0.1, 0.15) is 47.8 Å². The molecule has 0 radical (unpaired) electrons. The summed E-state index contributed by atoms with van der Waals surface area (Å²) < 4.78 is 11.7. The highest BCUT2D eigenvalue weighted by Gasteiger charge is 2.19. The van der Waals surface area contributed by atoms with E-state index in [-0.39, 0.29) is 11.9 Å². The molecule has 134 valence electrons. The average molecular weight is 406 g/mol. The Morgan fingerprint density at radius 1 is 1.12 bits per heavy atom. The van der Waals surface area contributed by atoms with Crippen LogP contribution in [0.2, 0.25) is 0 Å². The number of ether oxygens (including phenoxy) is 2. The first kappa shape index (κ1) is 19.3. The minimum atomic E-state index is -0.0961. The van der Waals surface area contributed by atoms with Crippen molar-refractivity contribution in [1.29, 1.82) is 0 Å². The van der Waals surface area contributed by atoms with Gasteiger partial charge in [-0.1, -0.05) is 35.8 Å². The molecule has 5 heteroatoms. The molecule has 0 saturated heterocycles. The van der Waals surface area contributed by atoms with E-state index in [9.17, 15) is 4.79 Å². The summed E-state index contributed by atoms with van der Waals surface area (Å²) in [6.07, 6.45) is 1.63.